The van der Waals surface area contributed by atoms with E-state index in [-0.39, 0.29) is 6.10 Å². The average molecular weight is 210 g/mol. The van der Waals surface area contributed by atoms with Crippen LogP contribution in [0, 0.1) is 0 Å². The van der Waals surface area contributed by atoms with Gasteiger partial charge in [-0.3, -0.25) is 0 Å². The summed E-state index contributed by atoms with van der Waals surface area (Å²) in [5.74, 6) is 0.744. The van der Waals surface area contributed by atoms with Crippen molar-refractivity contribution < 1.29 is 9.84 Å². The number of methoxy groups -OCH3 is 1. The lowest BCUT2D eigenvalue weighted by Gasteiger charge is -2.11. The van der Waals surface area contributed by atoms with Crippen LogP contribution in [0.15, 0.2) is 18.2 Å². The number of hydrogen-bond donors (Lipinski definition) is 3. The van der Waals surface area contributed by atoms with E-state index in [0.29, 0.717) is 18.7 Å². The van der Waals surface area contributed by atoms with Crippen LogP contribution in [0.1, 0.15) is 13.3 Å². The zero-order valence-electron chi connectivity index (χ0n) is 9.16. The first-order chi connectivity index (χ1) is 7.13. The van der Waals surface area contributed by atoms with Crippen molar-refractivity contribution in [2.75, 3.05) is 24.7 Å². The molecule has 0 aliphatic carbocycles. The number of nitrogens with one attached hydrogen (secondary N) is 1. The van der Waals surface area contributed by atoms with E-state index in [0.717, 1.165) is 11.4 Å². The number of anilines is 2. The van der Waals surface area contributed by atoms with E-state index in [4.69, 9.17) is 15.6 Å². The Morgan fingerprint density at radius 3 is 2.80 bits per heavy atom. The minimum Gasteiger partial charge on any atom is -0.497 e. The quantitative estimate of drug-likeness (QED) is 0.644. The van der Waals surface area contributed by atoms with Gasteiger partial charge in [0.2, 0.25) is 0 Å². The topological polar surface area (TPSA) is 67.5 Å². The third kappa shape index (κ3) is 3.67. The van der Waals surface area contributed by atoms with Crippen LogP contribution in [0.25, 0.3) is 0 Å². The maximum atomic E-state index is 9.09. The number of aliphatic hydroxyl groups is 1. The molecule has 0 aromatic heterocycles. The van der Waals surface area contributed by atoms with E-state index < -0.39 is 0 Å². The Bertz CT molecular complexity index is 313. The van der Waals surface area contributed by atoms with Crippen molar-refractivity contribution in [3.63, 3.8) is 0 Å². The first-order valence-electron chi connectivity index (χ1n) is 4.99. The highest BCUT2D eigenvalue weighted by molar-refractivity contribution is 5.68. The zero-order valence-corrected chi connectivity index (χ0v) is 9.16. The Hall–Kier alpha value is -1.42. The van der Waals surface area contributed by atoms with E-state index in [9.17, 15) is 0 Å². The van der Waals surface area contributed by atoms with Gasteiger partial charge in [0.1, 0.15) is 5.75 Å². The molecule has 0 amide bonds. The van der Waals surface area contributed by atoms with Gasteiger partial charge in [-0.25, -0.2) is 0 Å². The van der Waals surface area contributed by atoms with Gasteiger partial charge in [-0.05, 0) is 25.5 Å². The number of aliphatic hydroxyl groups excluding tert-OH is 1. The summed E-state index contributed by atoms with van der Waals surface area (Å²) in [6, 6.07) is 5.49. The molecule has 0 fully saturated rings. The monoisotopic (exact) mass is 210 g/mol. The predicted octanol–water partition coefficient (Wildman–Crippen LogP) is 1.46. The second-order valence-electron chi connectivity index (χ2n) is 3.52. The van der Waals surface area contributed by atoms with Gasteiger partial charge in [0.25, 0.3) is 0 Å². The SMILES string of the molecule is COc1ccc(NCCC(C)O)c(N)c1. The molecule has 0 heterocycles. The van der Waals surface area contributed by atoms with Crippen LogP contribution >= 0.6 is 0 Å². The predicted molar refractivity (Wildman–Crippen MR) is 62.2 cm³/mol. The van der Waals surface area contributed by atoms with Crippen molar-refractivity contribution in [3.8, 4) is 5.75 Å². The van der Waals surface area contributed by atoms with Crippen molar-refractivity contribution in [1.82, 2.24) is 0 Å². The number of benzene rings is 1. The fourth-order valence-corrected chi connectivity index (χ4v) is 1.24. The zero-order chi connectivity index (χ0) is 11.3. The number of nitrogens with two attached hydrogens (primary N) is 1. The molecule has 1 aromatic carbocycles. The lowest BCUT2D eigenvalue weighted by molar-refractivity contribution is 0.189. The molecule has 0 spiro atoms. The van der Waals surface area contributed by atoms with Crippen LogP contribution in [0.2, 0.25) is 0 Å². The second-order valence-corrected chi connectivity index (χ2v) is 3.52. The van der Waals surface area contributed by atoms with Crippen LogP contribution in [0.5, 0.6) is 5.75 Å². The molecule has 1 unspecified atom stereocenters. The van der Waals surface area contributed by atoms with Crippen LogP contribution in [-0.4, -0.2) is 24.9 Å². The van der Waals surface area contributed by atoms with E-state index >= 15 is 0 Å². The average Bonchev–Trinajstić information content (AvgIpc) is 2.20. The molecule has 15 heavy (non-hydrogen) atoms. The molecule has 0 saturated carbocycles. The minimum atomic E-state index is -0.294. The third-order valence-electron chi connectivity index (χ3n) is 2.14. The summed E-state index contributed by atoms with van der Waals surface area (Å²) in [6.45, 7) is 2.47. The maximum absolute atomic E-state index is 9.09. The molecule has 1 aromatic rings. The number of rotatable bonds is 5. The van der Waals surface area contributed by atoms with Gasteiger partial charge in [-0.1, -0.05) is 0 Å². The Kier molecular flexibility index (Phi) is 4.24. The van der Waals surface area contributed by atoms with Crippen molar-refractivity contribution in [1.29, 1.82) is 0 Å². The number of ether oxygens (including phenoxy) is 1. The van der Waals surface area contributed by atoms with E-state index in [1.54, 1.807) is 20.1 Å². The molecule has 0 bridgehead atoms. The number of hydrogen-bond acceptors (Lipinski definition) is 4. The molecule has 4 nitrogen and oxygen atoms in total. The van der Waals surface area contributed by atoms with Crippen LogP contribution in [0.4, 0.5) is 11.4 Å². The fourth-order valence-electron chi connectivity index (χ4n) is 1.24. The van der Waals surface area contributed by atoms with Crippen LogP contribution in [0.3, 0.4) is 0 Å². The van der Waals surface area contributed by atoms with Crippen molar-refractivity contribution in [3.05, 3.63) is 18.2 Å². The highest BCUT2D eigenvalue weighted by Gasteiger charge is 2.01. The van der Waals surface area contributed by atoms with Crippen molar-refractivity contribution >= 4 is 11.4 Å². The summed E-state index contributed by atoms with van der Waals surface area (Å²) in [5.41, 5.74) is 7.33. The molecular formula is C11H18N2O2. The normalized spacial score (nSPS) is 12.2. The molecule has 0 aliphatic heterocycles. The van der Waals surface area contributed by atoms with Gasteiger partial charge in [-0.2, -0.15) is 0 Å². The molecule has 4 heteroatoms. The summed E-state index contributed by atoms with van der Waals surface area (Å²) in [4.78, 5) is 0. The summed E-state index contributed by atoms with van der Waals surface area (Å²) in [6.07, 6.45) is 0.405. The van der Waals surface area contributed by atoms with Crippen LogP contribution in [-0.2, 0) is 0 Å². The Labute approximate surface area is 90.1 Å². The lowest BCUT2D eigenvalue weighted by Crippen LogP contribution is -2.10. The Morgan fingerprint density at radius 1 is 1.53 bits per heavy atom. The lowest BCUT2D eigenvalue weighted by atomic mass is 10.2. The van der Waals surface area contributed by atoms with Gasteiger partial charge in [0, 0.05) is 12.6 Å². The molecule has 4 N–H and O–H groups in total. The summed E-state index contributed by atoms with van der Waals surface area (Å²) in [5, 5.41) is 12.2. The third-order valence-corrected chi connectivity index (χ3v) is 2.14. The molecule has 0 saturated heterocycles. The first kappa shape index (κ1) is 11.7. The minimum absolute atomic E-state index is 0.294. The summed E-state index contributed by atoms with van der Waals surface area (Å²) >= 11 is 0. The van der Waals surface area contributed by atoms with Crippen LogP contribution < -0.4 is 15.8 Å². The highest BCUT2D eigenvalue weighted by Crippen LogP contribution is 2.23. The maximum Gasteiger partial charge on any atom is 0.121 e. The van der Waals surface area contributed by atoms with Crippen molar-refractivity contribution in [2.45, 2.75) is 19.4 Å². The Balaban J connectivity index is 2.54. The van der Waals surface area contributed by atoms with E-state index in [1.807, 2.05) is 12.1 Å². The van der Waals surface area contributed by atoms with Gasteiger partial charge < -0.3 is 20.9 Å². The van der Waals surface area contributed by atoms with Gasteiger partial charge in [-0.15, -0.1) is 0 Å². The highest BCUT2D eigenvalue weighted by atomic mass is 16.5. The van der Waals surface area contributed by atoms with E-state index in [1.165, 1.54) is 0 Å². The molecule has 1 atom stereocenters. The fraction of sp³-hybridized carbons (Fsp3) is 0.455. The summed E-state index contributed by atoms with van der Waals surface area (Å²) < 4.78 is 5.04. The molecular weight excluding hydrogens is 192 g/mol. The molecule has 0 radical (unpaired) electrons. The van der Waals surface area contributed by atoms with Gasteiger partial charge in [0.05, 0.1) is 24.6 Å². The van der Waals surface area contributed by atoms with Crippen molar-refractivity contribution in [2.24, 2.45) is 0 Å². The first-order valence-corrected chi connectivity index (χ1v) is 4.99. The molecule has 0 aliphatic rings. The molecule has 84 valence electrons. The summed E-state index contributed by atoms with van der Waals surface area (Å²) in [7, 11) is 1.61. The smallest absolute Gasteiger partial charge is 0.121 e. The number of nitrogen functional groups attached to an aromatic ring is 1. The van der Waals surface area contributed by atoms with Gasteiger partial charge >= 0.3 is 0 Å². The second kappa shape index (κ2) is 5.46. The Morgan fingerprint density at radius 2 is 2.27 bits per heavy atom. The van der Waals surface area contributed by atoms with Gasteiger partial charge in [0.15, 0.2) is 0 Å². The van der Waals surface area contributed by atoms with E-state index in [2.05, 4.69) is 5.32 Å². The largest absolute Gasteiger partial charge is 0.497 e. The molecule has 1 rings (SSSR count). The standard InChI is InChI=1S/C11H18N2O2/c1-8(14)5-6-13-11-4-3-9(15-2)7-10(11)12/h3-4,7-8,13-14H,5-6,12H2,1-2H3.